The topological polar surface area (TPSA) is 226 Å². The van der Waals surface area contributed by atoms with Crippen LogP contribution in [0.3, 0.4) is 0 Å². The molecule has 6 aromatic heterocycles. The van der Waals surface area contributed by atoms with Crippen LogP contribution < -0.4 is 40.2 Å². The number of hydrogen-bond acceptors (Lipinski definition) is 14. The van der Waals surface area contributed by atoms with Crippen molar-refractivity contribution >= 4 is 91.9 Å². The molecule has 0 atom stereocenters. The normalized spacial score (nSPS) is 15.9. The maximum absolute atomic E-state index is 14.0. The summed E-state index contributed by atoms with van der Waals surface area (Å²) in [4.78, 5) is 92.9. The summed E-state index contributed by atoms with van der Waals surface area (Å²) in [5.41, 5.74) is 4.35. The number of fused-ring (bicyclic) bond motifs is 2. The van der Waals surface area contributed by atoms with Crippen molar-refractivity contribution in [2.75, 3.05) is 32.8 Å². The van der Waals surface area contributed by atoms with Crippen molar-refractivity contribution in [3.05, 3.63) is 138 Å². The van der Waals surface area contributed by atoms with E-state index in [9.17, 15) is 19.2 Å². The minimum Gasteiger partial charge on any atom is -0.491 e. The minimum atomic E-state index is -0.860. The van der Waals surface area contributed by atoms with Crippen molar-refractivity contribution in [2.45, 2.75) is 131 Å². The maximum Gasteiger partial charge on any atom is 0.277 e. The van der Waals surface area contributed by atoms with E-state index in [2.05, 4.69) is 29.6 Å². The van der Waals surface area contributed by atoms with E-state index in [1.54, 1.807) is 81.3 Å². The molecular formula is C60H60N16O6S2. The molecule has 0 bridgehead atoms. The molecule has 2 saturated heterocycles. The third kappa shape index (κ3) is 9.11. The molecule has 2 aliphatic heterocycles. The van der Waals surface area contributed by atoms with Crippen molar-refractivity contribution < 1.29 is 19.1 Å². The smallest absolute Gasteiger partial charge is 0.277 e. The lowest BCUT2D eigenvalue weighted by atomic mass is 9.75. The Kier molecular flexibility index (Phi) is 14.9. The number of hydrogen-bond donors (Lipinski definition) is 2. The van der Waals surface area contributed by atoms with Gasteiger partial charge in [-0.25, -0.2) is 38.7 Å². The van der Waals surface area contributed by atoms with Crippen LogP contribution in [-0.4, -0.2) is 95.5 Å². The largest absolute Gasteiger partial charge is 0.491 e. The van der Waals surface area contributed by atoms with E-state index in [4.69, 9.17) is 67.2 Å². The van der Waals surface area contributed by atoms with Crippen molar-refractivity contribution in [1.29, 1.82) is 0 Å². The second-order valence-corrected chi connectivity index (χ2v) is 22.0. The summed E-state index contributed by atoms with van der Waals surface area (Å²) < 4.78 is 15.0. The Hall–Kier alpha value is -9.26. The number of aromatic amines is 2. The van der Waals surface area contributed by atoms with Crippen molar-refractivity contribution in [2.24, 2.45) is 0 Å². The number of ether oxygens (including phenoxy) is 2. The summed E-state index contributed by atoms with van der Waals surface area (Å²) in [6, 6.07) is 15.9. The lowest BCUT2D eigenvalue weighted by molar-refractivity contribution is -0.124. The van der Waals surface area contributed by atoms with E-state index >= 15 is 0 Å². The molecule has 2 amide bonds. The zero-order chi connectivity index (χ0) is 59.5. The highest BCUT2D eigenvalue weighted by atomic mass is 32.1. The number of nitrogens with zero attached hydrogens (tertiary/aromatic N) is 14. The zero-order valence-corrected chi connectivity index (χ0v) is 49.4. The molecule has 22 nitrogen and oxygen atoms in total. The molecular weight excluding hydrogens is 1100 g/mol. The molecule has 8 heterocycles. The summed E-state index contributed by atoms with van der Waals surface area (Å²) in [6.45, 7) is 30.6. The Morgan fingerprint density at radius 1 is 0.607 bits per heavy atom. The van der Waals surface area contributed by atoms with Crippen LogP contribution in [0.5, 0.6) is 11.5 Å². The number of rotatable bonds is 14. The molecule has 2 N–H and O–H groups in total. The van der Waals surface area contributed by atoms with Gasteiger partial charge in [0.2, 0.25) is 0 Å². The van der Waals surface area contributed by atoms with Crippen LogP contribution in [0.1, 0.15) is 113 Å². The monoisotopic (exact) mass is 1160 g/mol. The summed E-state index contributed by atoms with van der Waals surface area (Å²) in [7, 11) is 0. The average Bonchev–Trinajstić information content (AvgIpc) is 1.61. The zero-order valence-electron chi connectivity index (χ0n) is 47.8. The molecule has 4 aliphatic rings. The number of thiocarbonyl (C=S) groups is 2. The predicted octanol–water partition coefficient (Wildman–Crippen LogP) is 10.1. The molecule has 2 saturated carbocycles. The van der Waals surface area contributed by atoms with Gasteiger partial charge in [0.25, 0.3) is 22.9 Å². The Bertz CT molecular complexity index is 4000. The van der Waals surface area contributed by atoms with Crippen LogP contribution in [0.2, 0.25) is 0 Å². The van der Waals surface area contributed by atoms with E-state index in [0.29, 0.717) is 159 Å². The first-order chi connectivity index (χ1) is 40.5. The first-order valence-corrected chi connectivity index (χ1v) is 28.9. The van der Waals surface area contributed by atoms with Crippen molar-refractivity contribution in [1.82, 2.24) is 49.1 Å². The maximum atomic E-state index is 14.0. The van der Waals surface area contributed by atoms with Gasteiger partial charge in [0, 0.05) is 24.2 Å². The number of benzene rings is 2. The molecule has 0 radical (unpaired) electrons. The quantitative estimate of drug-likeness (QED) is 0.0763. The SMILES string of the molecule is [C-]#[N+]c1ccc(N2C(=O)C3(CCC3)N(c3cc(-c4nn5c(CCC)nc(C)c5c(=O)[nH]4)c(OCC)cn3)C2=S)cc1C.[C-]#[N+]c1ccc(N2C(=O)C3(CCC3)N(c3ccc(OCC)c(-c4nn5c(CCC)nc(C)c5c(=O)[nH]4)n3)C2=S)cc1C. The Morgan fingerprint density at radius 3 is 1.54 bits per heavy atom. The summed E-state index contributed by atoms with van der Waals surface area (Å²) in [5, 5.41) is 10.2. The standard InChI is InChI=1S/2C30H30N8O3S/c1-6-9-23-32-18(4)25-27(39)34-26(35-38(23)25)24-21(41-7-2)12-13-22(33-24)37-29(42)36(28(40)30(37)14-8-15-30)19-10-11-20(31-5)17(3)16-19;1-6-9-23-33-18(4)25-27(39)34-26(35-38(23)25)20-15-24(32-16-22(20)41-7-2)37-29(42)36(28(40)30(37)12-8-13-30)19-10-11-21(31-5)17(3)14-19/h10-13,16H,6-9,14-15H2,1-4H3,(H,34,35,39);10-11,14-16H,6-9,12-13H2,1-4H3,(H,34,35,39). The summed E-state index contributed by atoms with van der Waals surface area (Å²) in [6.07, 6.45) is 8.88. The number of anilines is 4. The van der Waals surface area contributed by atoms with Gasteiger partial charge < -0.3 is 19.4 Å². The number of carbonyl (C=O) groups is 2. The minimum absolute atomic E-state index is 0.114. The van der Waals surface area contributed by atoms with Crippen LogP contribution in [0, 0.1) is 40.8 Å². The van der Waals surface area contributed by atoms with Crippen LogP contribution >= 0.6 is 24.4 Å². The van der Waals surface area contributed by atoms with Crippen LogP contribution in [0.15, 0.2) is 70.4 Å². The fourth-order valence-electron chi connectivity index (χ4n) is 11.6. The number of imidazole rings is 2. The third-order valence-corrected chi connectivity index (χ3v) is 16.7. The molecule has 8 aromatic rings. The highest BCUT2D eigenvalue weighted by Crippen LogP contribution is 2.50. The van der Waals surface area contributed by atoms with Gasteiger partial charge in [0.15, 0.2) is 50.0 Å². The van der Waals surface area contributed by atoms with Gasteiger partial charge in [-0.05, 0) is 171 Å². The summed E-state index contributed by atoms with van der Waals surface area (Å²) in [5.74, 6) is 3.51. The van der Waals surface area contributed by atoms with E-state index in [1.807, 2.05) is 63.5 Å². The third-order valence-electron chi connectivity index (χ3n) is 16.0. The number of aromatic nitrogens is 10. The molecule has 428 valence electrons. The number of carbonyl (C=O) groups excluding carboxylic acids is 2. The molecule has 0 unspecified atom stereocenters. The highest BCUT2D eigenvalue weighted by Gasteiger charge is 2.61. The number of nitrogens with one attached hydrogen (secondary N) is 2. The molecule has 12 rings (SSSR count). The highest BCUT2D eigenvalue weighted by molar-refractivity contribution is 7.81. The molecule has 24 heteroatoms. The van der Waals surface area contributed by atoms with Crippen molar-refractivity contribution in [3.63, 3.8) is 0 Å². The Labute approximate surface area is 494 Å². The van der Waals surface area contributed by atoms with E-state index in [0.717, 1.165) is 36.8 Å². The average molecular weight is 1170 g/mol. The molecule has 2 aliphatic carbocycles. The van der Waals surface area contributed by atoms with Crippen LogP contribution in [0.4, 0.5) is 34.4 Å². The lowest BCUT2D eigenvalue weighted by Crippen LogP contribution is -2.55. The molecule has 2 aromatic carbocycles. The van der Waals surface area contributed by atoms with Gasteiger partial charge in [-0.3, -0.25) is 38.8 Å². The second-order valence-electron chi connectivity index (χ2n) is 21.2. The Morgan fingerprint density at radius 2 is 1.08 bits per heavy atom. The van der Waals surface area contributed by atoms with Gasteiger partial charge in [-0.15, -0.1) is 10.2 Å². The van der Waals surface area contributed by atoms with Gasteiger partial charge in [0.1, 0.15) is 45.9 Å². The first-order valence-electron chi connectivity index (χ1n) is 28.1. The van der Waals surface area contributed by atoms with E-state index in [-0.39, 0.29) is 28.8 Å². The van der Waals surface area contributed by atoms with Crippen molar-refractivity contribution in [3.8, 4) is 34.4 Å². The van der Waals surface area contributed by atoms with E-state index < -0.39 is 11.1 Å². The number of aryl methyl sites for hydroxylation is 6. The predicted molar refractivity (Wildman–Crippen MR) is 327 cm³/mol. The van der Waals surface area contributed by atoms with Crippen LogP contribution in [0.25, 0.3) is 43.6 Å². The van der Waals surface area contributed by atoms with Crippen LogP contribution in [-0.2, 0) is 22.4 Å². The van der Waals surface area contributed by atoms with Gasteiger partial charge in [-0.1, -0.05) is 26.0 Å². The molecule has 84 heavy (non-hydrogen) atoms. The van der Waals surface area contributed by atoms with Gasteiger partial charge in [0.05, 0.1) is 49.5 Å². The fourth-order valence-corrected chi connectivity index (χ4v) is 12.5. The fraction of sp³-hybridized carbons (Fsp3) is 0.367. The first kappa shape index (κ1) is 56.6. The number of amides is 2. The van der Waals surface area contributed by atoms with Gasteiger partial charge in [-0.2, -0.15) is 0 Å². The number of H-pyrrole nitrogens is 2. The summed E-state index contributed by atoms with van der Waals surface area (Å²) >= 11 is 11.9. The van der Waals surface area contributed by atoms with Gasteiger partial charge >= 0.3 is 0 Å². The molecule has 2 spiro atoms. The molecule has 4 fully saturated rings. The van der Waals surface area contributed by atoms with E-state index in [1.165, 1.54) is 0 Å². The number of pyridine rings is 2. The lowest BCUT2D eigenvalue weighted by Gasteiger charge is -2.42. The second kappa shape index (κ2) is 22.1. The Balaban J connectivity index is 0.000000175.